The summed E-state index contributed by atoms with van der Waals surface area (Å²) in [6.07, 6.45) is -4.89. The third-order valence-corrected chi connectivity index (χ3v) is 3.87. The largest absolute Gasteiger partial charge is 0.452 e. The van der Waals surface area contributed by atoms with Crippen molar-refractivity contribution in [2.45, 2.75) is 39.4 Å². The van der Waals surface area contributed by atoms with Crippen molar-refractivity contribution in [2.75, 3.05) is 5.32 Å². The Morgan fingerprint density at radius 2 is 1.81 bits per heavy atom. The van der Waals surface area contributed by atoms with Gasteiger partial charge in [-0.05, 0) is 50.6 Å². The highest BCUT2D eigenvalue weighted by molar-refractivity contribution is 6.09. The van der Waals surface area contributed by atoms with Crippen LogP contribution in [0.4, 0.5) is 23.4 Å². The van der Waals surface area contributed by atoms with Crippen molar-refractivity contribution in [3.63, 3.8) is 0 Å². The lowest BCUT2D eigenvalue weighted by Gasteiger charge is -2.17. The minimum Gasteiger partial charge on any atom is -0.436 e. The molecule has 170 valence electrons. The molecule has 1 amide bonds. The van der Waals surface area contributed by atoms with E-state index in [0.29, 0.717) is 11.3 Å². The molecule has 3 N–H and O–H groups in total. The lowest BCUT2D eigenvalue weighted by Crippen LogP contribution is -2.39. The number of aryl methyl sites for hydroxylation is 1. The first-order valence-electron chi connectivity index (χ1n) is 9.36. The van der Waals surface area contributed by atoms with Crippen LogP contribution < -0.4 is 10.6 Å². The SMILES string of the molecule is Cc1nc(C(=O)NC(=NC(C)(C)C)Nc2cc(-c3ccc(F)cc3)[nH]n2)c(C(F)(F)F)o1. The molecule has 0 aliphatic heterocycles. The number of oxazole rings is 1. The molecule has 0 bridgehead atoms. The Kier molecular flexibility index (Phi) is 6.06. The van der Waals surface area contributed by atoms with Crippen molar-refractivity contribution in [1.82, 2.24) is 20.5 Å². The summed E-state index contributed by atoms with van der Waals surface area (Å²) in [6.45, 7) is 6.40. The number of aliphatic imine (C=N–C) groups is 1. The number of anilines is 1. The van der Waals surface area contributed by atoms with E-state index in [1.165, 1.54) is 19.1 Å². The second kappa shape index (κ2) is 8.44. The number of aromatic nitrogens is 3. The predicted molar refractivity (Wildman–Crippen MR) is 109 cm³/mol. The number of benzene rings is 1. The van der Waals surface area contributed by atoms with Crippen LogP contribution in [0.25, 0.3) is 11.3 Å². The number of carbonyl (C=O) groups is 1. The van der Waals surface area contributed by atoms with Crippen molar-refractivity contribution in [1.29, 1.82) is 0 Å². The fourth-order valence-corrected chi connectivity index (χ4v) is 2.65. The van der Waals surface area contributed by atoms with E-state index in [0.717, 1.165) is 0 Å². The van der Waals surface area contributed by atoms with Gasteiger partial charge in [-0.15, -0.1) is 0 Å². The van der Waals surface area contributed by atoms with Crippen LogP contribution in [0.3, 0.4) is 0 Å². The first-order valence-corrected chi connectivity index (χ1v) is 9.36. The summed E-state index contributed by atoms with van der Waals surface area (Å²) in [7, 11) is 0. The van der Waals surface area contributed by atoms with Gasteiger partial charge in [-0.3, -0.25) is 15.2 Å². The minimum atomic E-state index is -4.89. The normalized spacial score (nSPS) is 12.7. The average Bonchev–Trinajstić information content (AvgIpc) is 3.27. The van der Waals surface area contributed by atoms with E-state index in [4.69, 9.17) is 0 Å². The Balaban J connectivity index is 1.85. The third kappa shape index (κ3) is 5.71. The first kappa shape index (κ1) is 23.0. The number of nitrogens with zero attached hydrogens (tertiary/aromatic N) is 3. The molecule has 0 aliphatic rings. The molecule has 32 heavy (non-hydrogen) atoms. The number of halogens is 4. The number of alkyl halides is 3. The molecule has 0 saturated heterocycles. The lowest BCUT2D eigenvalue weighted by atomic mass is 10.1. The van der Waals surface area contributed by atoms with Crippen molar-refractivity contribution >= 4 is 17.7 Å². The van der Waals surface area contributed by atoms with Crippen LogP contribution in [0.2, 0.25) is 0 Å². The molecule has 2 aromatic heterocycles. The van der Waals surface area contributed by atoms with E-state index in [-0.39, 0.29) is 17.7 Å². The molecule has 0 atom stereocenters. The van der Waals surface area contributed by atoms with Crippen LogP contribution >= 0.6 is 0 Å². The highest BCUT2D eigenvalue weighted by Crippen LogP contribution is 2.32. The number of hydrogen-bond acceptors (Lipinski definition) is 5. The van der Waals surface area contributed by atoms with Gasteiger partial charge in [0.2, 0.25) is 11.7 Å². The molecule has 3 rings (SSSR count). The molecule has 0 aliphatic carbocycles. The van der Waals surface area contributed by atoms with Gasteiger partial charge in [0.15, 0.2) is 17.4 Å². The lowest BCUT2D eigenvalue weighted by molar-refractivity contribution is -0.153. The maximum absolute atomic E-state index is 13.2. The van der Waals surface area contributed by atoms with E-state index < -0.39 is 34.9 Å². The summed E-state index contributed by atoms with van der Waals surface area (Å²) in [5, 5.41) is 11.9. The summed E-state index contributed by atoms with van der Waals surface area (Å²) in [5.41, 5.74) is -0.413. The number of carbonyl (C=O) groups excluding carboxylic acids is 1. The molecule has 0 unspecified atom stereocenters. The fourth-order valence-electron chi connectivity index (χ4n) is 2.65. The number of H-pyrrole nitrogens is 1. The highest BCUT2D eigenvalue weighted by atomic mass is 19.4. The summed E-state index contributed by atoms with van der Waals surface area (Å²) in [4.78, 5) is 20.4. The fraction of sp³-hybridized carbons (Fsp3) is 0.300. The zero-order chi connectivity index (χ0) is 23.7. The monoisotopic (exact) mass is 452 g/mol. The highest BCUT2D eigenvalue weighted by Gasteiger charge is 2.41. The quantitative estimate of drug-likeness (QED) is 0.308. The molecule has 1 aromatic carbocycles. The molecule has 0 radical (unpaired) electrons. The van der Waals surface area contributed by atoms with Gasteiger partial charge in [-0.2, -0.15) is 18.3 Å². The maximum Gasteiger partial charge on any atom is 0.452 e. The molecule has 3 aromatic rings. The number of amides is 1. The van der Waals surface area contributed by atoms with Crippen molar-refractivity contribution in [2.24, 2.45) is 4.99 Å². The molecule has 12 heteroatoms. The van der Waals surface area contributed by atoms with E-state index >= 15 is 0 Å². The van der Waals surface area contributed by atoms with E-state index in [2.05, 4.69) is 35.2 Å². The second-order valence-electron chi connectivity index (χ2n) is 7.79. The number of hydrogen-bond donors (Lipinski definition) is 3. The standard InChI is InChI=1S/C20H20F4N6O2/c1-10-25-15(16(32-10)20(22,23)24)17(31)27-18(28-19(2,3)4)26-14-9-13(29-30-14)11-5-7-12(21)8-6-11/h5-9H,1-4H3,(H3,26,27,28,29,30,31). The van der Waals surface area contributed by atoms with Crippen LogP contribution in [0, 0.1) is 12.7 Å². The van der Waals surface area contributed by atoms with Crippen molar-refractivity contribution < 1.29 is 26.8 Å². The number of nitrogens with one attached hydrogen (secondary N) is 3. The van der Waals surface area contributed by atoms with Gasteiger partial charge < -0.3 is 9.73 Å². The minimum absolute atomic E-state index is 0.145. The number of rotatable bonds is 3. The Morgan fingerprint density at radius 3 is 2.41 bits per heavy atom. The Morgan fingerprint density at radius 1 is 1.16 bits per heavy atom. The molecular formula is C20H20F4N6O2. The van der Waals surface area contributed by atoms with Gasteiger partial charge in [0, 0.05) is 13.0 Å². The van der Waals surface area contributed by atoms with E-state index in [1.54, 1.807) is 39.0 Å². The van der Waals surface area contributed by atoms with Crippen LogP contribution in [0.5, 0.6) is 0 Å². The Hall–Kier alpha value is -3.70. The molecule has 8 nitrogen and oxygen atoms in total. The van der Waals surface area contributed by atoms with Gasteiger partial charge in [-0.1, -0.05) is 0 Å². The predicted octanol–water partition coefficient (Wildman–Crippen LogP) is 4.53. The zero-order valence-corrected chi connectivity index (χ0v) is 17.6. The molecule has 2 heterocycles. The average molecular weight is 452 g/mol. The van der Waals surface area contributed by atoms with E-state index in [9.17, 15) is 22.4 Å². The zero-order valence-electron chi connectivity index (χ0n) is 17.6. The molecule has 0 spiro atoms. The smallest absolute Gasteiger partial charge is 0.436 e. The summed E-state index contributed by atoms with van der Waals surface area (Å²) in [5.74, 6) is -3.27. The van der Waals surface area contributed by atoms with Crippen molar-refractivity contribution in [3.05, 3.63) is 53.5 Å². The van der Waals surface area contributed by atoms with Gasteiger partial charge in [0.25, 0.3) is 5.91 Å². The van der Waals surface area contributed by atoms with E-state index in [1.807, 2.05) is 0 Å². The molecule has 0 saturated carbocycles. The molecule has 0 fully saturated rings. The van der Waals surface area contributed by atoms with Crippen LogP contribution in [-0.2, 0) is 6.18 Å². The summed E-state index contributed by atoms with van der Waals surface area (Å²) in [6, 6.07) is 7.23. The van der Waals surface area contributed by atoms with Gasteiger partial charge in [-0.25, -0.2) is 14.4 Å². The third-order valence-electron chi connectivity index (χ3n) is 3.87. The Labute approximate surface area is 180 Å². The van der Waals surface area contributed by atoms with Gasteiger partial charge >= 0.3 is 6.18 Å². The van der Waals surface area contributed by atoms with Crippen LogP contribution in [-0.4, -0.2) is 32.6 Å². The second-order valence-corrected chi connectivity index (χ2v) is 7.79. The van der Waals surface area contributed by atoms with Crippen LogP contribution in [0.15, 0.2) is 39.7 Å². The van der Waals surface area contributed by atoms with Gasteiger partial charge in [0.05, 0.1) is 11.2 Å². The van der Waals surface area contributed by atoms with Crippen molar-refractivity contribution in [3.8, 4) is 11.3 Å². The number of aromatic amines is 1. The van der Waals surface area contributed by atoms with Crippen LogP contribution in [0.1, 0.15) is 42.9 Å². The summed E-state index contributed by atoms with van der Waals surface area (Å²) >= 11 is 0. The first-order chi connectivity index (χ1) is 14.8. The topological polar surface area (TPSA) is 108 Å². The summed E-state index contributed by atoms with van der Waals surface area (Å²) < 4.78 is 57.2. The maximum atomic E-state index is 13.2. The Bertz CT molecular complexity index is 1140. The van der Waals surface area contributed by atoms with Gasteiger partial charge in [0.1, 0.15) is 5.82 Å². The molecular weight excluding hydrogens is 432 g/mol. The number of guanidine groups is 1.